The minimum atomic E-state index is -0.413. The van der Waals surface area contributed by atoms with Crippen molar-refractivity contribution in [1.29, 1.82) is 0 Å². The van der Waals surface area contributed by atoms with Gasteiger partial charge in [0.05, 0.1) is 6.54 Å². The molecule has 0 spiro atoms. The van der Waals surface area contributed by atoms with Crippen LogP contribution in [0.1, 0.15) is 49.1 Å². The number of aromatic nitrogens is 3. The molecule has 1 heterocycles. The fourth-order valence-corrected chi connectivity index (χ4v) is 1.84. The smallest absolute Gasteiger partial charge is 0.291 e. The molecular weight excluding hydrogens is 246 g/mol. The molecule has 0 aliphatic heterocycles. The molecule has 0 atom stereocenters. The van der Waals surface area contributed by atoms with Gasteiger partial charge in [-0.1, -0.05) is 0 Å². The Morgan fingerprint density at radius 1 is 1.37 bits per heavy atom. The van der Waals surface area contributed by atoms with Gasteiger partial charge >= 0.3 is 0 Å². The Morgan fingerprint density at radius 2 is 2.05 bits per heavy atom. The van der Waals surface area contributed by atoms with Gasteiger partial charge in [0.25, 0.3) is 5.91 Å². The van der Waals surface area contributed by atoms with E-state index in [9.17, 15) is 9.59 Å². The minimum absolute atomic E-state index is 0.0200. The van der Waals surface area contributed by atoms with E-state index in [1.165, 1.54) is 0 Å². The highest BCUT2D eigenvalue weighted by atomic mass is 16.2. The Morgan fingerprint density at radius 3 is 2.63 bits per heavy atom. The number of rotatable bonds is 6. The van der Waals surface area contributed by atoms with Crippen LogP contribution in [0, 0.1) is 0 Å². The lowest BCUT2D eigenvalue weighted by atomic mass is 10.4. The number of nitrogens with one attached hydrogen (secondary N) is 2. The monoisotopic (exact) mass is 265 g/mol. The van der Waals surface area contributed by atoms with Gasteiger partial charge in [-0.25, -0.2) is 4.98 Å². The Labute approximate surface area is 111 Å². The lowest BCUT2D eigenvalue weighted by Crippen LogP contribution is -2.40. The second-order valence-corrected chi connectivity index (χ2v) is 4.57. The van der Waals surface area contributed by atoms with E-state index in [1.54, 1.807) is 4.90 Å². The third-order valence-corrected chi connectivity index (χ3v) is 3.19. The van der Waals surface area contributed by atoms with E-state index in [0.29, 0.717) is 19.0 Å². The van der Waals surface area contributed by atoms with Crippen molar-refractivity contribution in [2.75, 3.05) is 19.6 Å². The standard InChI is InChI=1S/C12H19N5O2/c1-3-17(4-2)9(18)7-13-12(19)11-14-10(15-16-11)8-5-6-8/h8H,3-7H2,1-2H3,(H,13,19)(H,14,15,16). The number of carbonyl (C=O) groups is 2. The summed E-state index contributed by atoms with van der Waals surface area (Å²) >= 11 is 0. The van der Waals surface area contributed by atoms with E-state index in [1.807, 2.05) is 13.8 Å². The van der Waals surface area contributed by atoms with E-state index in [-0.39, 0.29) is 18.3 Å². The highest BCUT2D eigenvalue weighted by Crippen LogP contribution is 2.37. The van der Waals surface area contributed by atoms with Gasteiger partial charge in [0.2, 0.25) is 11.7 Å². The molecule has 0 aromatic carbocycles. The normalized spacial score (nSPS) is 14.2. The number of likely N-dealkylation sites (N-methyl/N-ethyl adjacent to an activating group) is 1. The van der Waals surface area contributed by atoms with Crippen LogP contribution in [0.3, 0.4) is 0 Å². The maximum atomic E-state index is 11.8. The van der Waals surface area contributed by atoms with Gasteiger partial charge in [-0.05, 0) is 26.7 Å². The molecule has 1 aromatic heterocycles. The van der Waals surface area contributed by atoms with Gasteiger partial charge in [0.15, 0.2) is 0 Å². The molecule has 1 fully saturated rings. The zero-order valence-corrected chi connectivity index (χ0v) is 11.3. The molecular formula is C12H19N5O2. The van der Waals surface area contributed by atoms with Crippen molar-refractivity contribution in [2.24, 2.45) is 0 Å². The van der Waals surface area contributed by atoms with Crippen molar-refractivity contribution in [1.82, 2.24) is 25.4 Å². The van der Waals surface area contributed by atoms with Crippen LogP contribution in [0.15, 0.2) is 0 Å². The van der Waals surface area contributed by atoms with Gasteiger partial charge in [0, 0.05) is 19.0 Å². The average Bonchev–Trinajstić information content (AvgIpc) is 3.15. The highest BCUT2D eigenvalue weighted by Gasteiger charge is 2.28. The van der Waals surface area contributed by atoms with Crippen molar-refractivity contribution >= 4 is 11.8 Å². The molecule has 2 rings (SSSR count). The Hall–Kier alpha value is -1.92. The number of aromatic amines is 1. The summed E-state index contributed by atoms with van der Waals surface area (Å²) in [4.78, 5) is 29.3. The van der Waals surface area contributed by atoms with Crippen molar-refractivity contribution in [3.8, 4) is 0 Å². The zero-order chi connectivity index (χ0) is 13.8. The fourth-order valence-electron chi connectivity index (χ4n) is 1.84. The molecule has 104 valence electrons. The molecule has 0 radical (unpaired) electrons. The van der Waals surface area contributed by atoms with Crippen molar-refractivity contribution < 1.29 is 9.59 Å². The predicted octanol–water partition coefficient (Wildman–Crippen LogP) is 0.280. The van der Waals surface area contributed by atoms with Crippen LogP contribution < -0.4 is 5.32 Å². The molecule has 19 heavy (non-hydrogen) atoms. The topological polar surface area (TPSA) is 91.0 Å². The van der Waals surface area contributed by atoms with Crippen LogP contribution in [0.25, 0.3) is 0 Å². The fraction of sp³-hybridized carbons (Fsp3) is 0.667. The quantitative estimate of drug-likeness (QED) is 0.773. The van der Waals surface area contributed by atoms with E-state index < -0.39 is 5.91 Å². The van der Waals surface area contributed by atoms with E-state index >= 15 is 0 Å². The molecule has 1 aliphatic carbocycles. The first-order valence-electron chi connectivity index (χ1n) is 6.64. The predicted molar refractivity (Wildman–Crippen MR) is 68.6 cm³/mol. The maximum Gasteiger partial charge on any atom is 0.291 e. The van der Waals surface area contributed by atoms with Gasteiger partial charge in [-0.2, -0.15) is 0 Å². The lowest BCUT2D eigenvalue weighted by molar-refractivity contribution is -0.129. The van der Waals surface area contributed by atoms with Gasteiger partial charge in [0.1, 0.15) is 5.82 Å². The van der Waals surface area contributed by atoms with E-state index in [4.69, 9.17) is 0 Å². The SMILES string of the molecule is CCN(CC)C(=O)CNC(=O)c1n[nH]c(C2CC2)n1. The number of carbonyl (C=O) groups excluding carboxylic acids is 2. The van der Waals surface area contributed by atoms with Crippen LogP contribution in [0.4, 0.5) is 0 Å². The number of amides is 2. The summed E-state index contributed by atoms with van der Waals surface area (Å²) < 4.78 is 0. The van der Waals surface area contributed by atoms with Crippen LogP contribution in [0.2, 0.25) is 0 Å². The van der Waals surface area contributed by atoms with Crippen molar-refractivity contribution in [3.63, 3.8) is 0 Å². The first-order valence-corrected chi connectivity index (χ1v) is 6.64. The summed E-state index contributed by atoms with van der Waals surface area (Å²) in [5, 5.41) is 9.18. The minimum Gasteiger partial charge on any atom is -0.342 e. The third-order valence-electron chi connectivity index (χ3n) is 3.19. The summed E-state index contributed by atoms with van der Waals surface area (Å²) in [5.74, 6) is 0.779. The second kappa shape index (κ2) is 5.81. The van der Waals surface area contributed by atoms with Crippen LogP contribution in [-0.2, 0) is 4.79 Å². The van der Waals surface area contributed by atoms with Crippen LogP contribution in [0.5, 0.6) is 0 Å². The highest BCUT2D eigenvalue weighted by molar-refractivity contribution is 5.93. The summed E-state index contributed by atoms with van der Waals surface area (Å²) in [6.45, 7) is 5.06. The number of nitrogens with zero attached hydrogens (tertiary/aromatic N) is 3. The summed E-state index contributed by atoms with van der Waals surface area (Å²) in [7, 11) is 0. The molecule has 2 amide bonds. The largest absolute Gasteiger partial charge is 0.342 e. The second-order valence-electron chi connectivity index (χ2n) is 4.57. The van der Waals surface area contributed by atoms with Crippen molar-refractivity contribution in [3.05, 3.63) is 11.6 Å². The number of H-pyrrole nitrogens is 1. The van der Waals surface area contributed by atoms with Gasteiger partial charge in [-0.3, -0.25) is 14.7 Å². The Kier molecular flexibility index (Phi) is 4.13. The van der Waals surface area contributed by atoms with Gasteiger partial charge < -0.3 is 10.2 Å². The first kappa shape index (κ1) is 13.5. The Balaban J connectivity index is 1.84. The number of hydrogen-bond acceptors (Lipinski definition) is 4. The number of hydrogen-bond donors (Lipinski definition) is 2. The molecule has 1 aliphatic rings. The molecule has 2 N–H and O–H groups in total. The molecule has 1 aromatic rings. The molecule has 0 bridgehead atoms. The lowest BCUT2D eigenvalue weighted by Gasteiger charge is -2.18. The molecule has 7 heteroatoms. The first-order chi connectivity index (χ1) is 9.15. The Bertz CT molecular complexity index is 462. The molecule has 1 saturated carbocycles. The third kappa shape index (κ3) is 3.30. The van der Waals surface area contributed by atoms with Gasteiger partial charge in [-0.15, -0.1) is 5.10 Å². The van der Waals surface area contributed by atoms with E-state index in [2.05, 4.69) is 20.5 Å². The molecule has 0 saturated heterocycles. The molecule has 7 nitrogen and oxygen atoms in total. The molecule has 0 unspecified atom stereocenters. The maximum absolute atomic E-state index is 11.8. The van der Waals surface area contributed by atoms with Crippen molar-refractivity contribution in [2.45, 2.75) is 32.6 Å². The summed E-state index contributed by atoms with van der Waals surface area (Å²) in [6.07, 6.45) is 2.19. The van der Waals surface area contributed by atoms with Crippen LogP contribution >= 0.6 is 0 Å². The zero-order valence-electron chi connectivity index (χ0n) is 11.3. The summed E-state index contributed by atoms with van der Waals surface area (Å²) in [6, 6.07) is 0. The van der Waals surface area contributed by atoms with E-state index in [0.717, 1.165) is 18.7 Å². The van der Waals surface area contributed by atoms with Crippen LogP contribution in [-0.4, -0.2) is 51.5 Å². The summed E-state index contributed by atoms with van der Waals surface area (Å²) in [5.41, 5.74) is 0. The average molecular weight is 265 g/mol.